The van der Waals surface area contributed by atoms with Crippen molar-refractivity contribution in [3.05, 3.63) is 59.5 Å². The summed E-state index contributed by atoms with van der Waals surface area (Å²) in [7, 11) is 0. The minimum absolute atomic E-state index is 0.141. The Hall–Kier alpha value is -3.16. The van der Waals surface area contributed by atoms with Crippen molar-refractivity contribution in [3.8, 4) is 11.3 Å². The van der Waals surface area contributed by atoms with Gasteiger partial charge in [-0.05, 0) is 73.4 Å². The minimum Gasteiger partial charge on any atom is -0.392 e. The van der Waals surface area contributed by atoms with Crippen molar-refractivity contribution in [3.63, 3.8) is 0 Å². The van der Waals surface area contributed by atoms with Crippen molar-refractivity contribution >= 4 is 22.5 Å². The number of aromatic amines is 1. The lowest BCUT2D eigenvalue weighted by molar-refractivity contribution is -0.134. The summed E-state index contributed by atoms with van der Waals surface area (Å²) >= 11 is 0. The molecule has 0 aliphatic carbocycles. The molecule has 36 heavy (non-hydrogen) atoms. The van der Waals surface area contributed by atoms with Crippen molar-refractivity contribution in [2.45, 2.75) is 64.0 Å². The van der Waals surface area contributed by atoms with E-state index in [9.17, 15) is 9.90 Å². The van der Waals surface area contributed by atoms with Crippen LogP contribution in [0.4, 0.5) is 0 Å². The lowest BCUT2D eigenvalue weighted by Crippen LogP contribution is -2.46. The van der Waals surface area contributed by atoms with Gasteiger partial charge in [0.2, 0.25) is 5.91 Å². The fourth-order valence-corrected chi connectivity index (χ4v) is 6.21. The van der Waals surface area contributed by atoms with Crippen LogP contribution in [0.25, 0.3) is 27.8 Å². The van der Waals surface area contributed by atoms with Gasteiger partial charge in [-0.3, -0.25) is 4.79 Å². The van der Waals surface area contributed by atoms with Crippen LogP contribution >= 0.6 is 0 Å². The van der Waals surface area contributed by atoms with Crippen LogP contribution in [0.15, 0.2) is 42.7 Å². The Balaban J connectivity index is 1.28. The number of H-pyrrole nitrogens is 1. The van der Waals surface area contributed by atoms with Crippen molar-refractivity contribution in [2.24, 2.45) is 0 Å². The number of fused-ring (bicyclic) bond motifs is 2. The number of piperidine rings is 1. The zero-order valence-corrected chi connectivity index (χ0v) is 21.3. The molecule has 0 bridgehead atoms. The van der Waals surface area contributed by atoms with Crippen LogP contribution in [0.2, 0.25) is 0 Å². The predicted molar refractivity (Wildman–Crippen MR) is 142 cm³/mol. The van der Waals surface area contributed by atoms with Gasteiger partial charge in [-0.1, -0.05) is 19.9 Å². The van der Waals surface area contributed by atoms with Gasteiger partial charge in [0.15, 0.2) is 0 Å². The molecule has 3 aromatic heterocycles. The zero-order chi connectivity index (χ0) is 25.0. The van der Waals surface area contributed by atoms with Gasteiger partial charge >= 0.3 is 0 Å². The second kappa shape index (κ2) is 9.05. The summed E-state index contributed by atoms with van der Waals surface area (Å²) in [6.45, 7) is 8.70. The topological polar surface area (TPSA) is 85.7 Å². The number of carbonyl (C=O) groups is 1. The van der Waals surface area contributed by atoms with Crippen molar-refractivity contribution < 1.29 is 9.90 Å². The highest BCUT2D eigenvalue weighted by Gasteiger charge is 2.33. The summed E-state index contributed by atoms with van der Waals surface area (Å²) in [4.78, 5) is 23.1. The minimum atomic E-state index is -0.407. The molecule has 0 spiro atoms. The van der Waals surface area contributed by atoms with Crippen LogP contribution in [-0.2, 0) is 4.79 Å². The molecule has 3 N–H and O–H groups in total. The van der Waals surface area contributed by atoms with Gasteiger partial charge in [0.1, 0.15) is 5.65 Å². The van der Waals surface area contributed by atoms with E-state index in [0.29, 0.717) is 24.8 Å². The summed E-state index contributed by atoms with van der Waals surface area (Å²) in [5, 5.41) is 14.2. The number of aliphatic hydroxyl groups is 1. The highest BCUT2D eigenvalue weighted by Crippen LogP contribution is 2.39. The predicted octanol–water partition coefficient (Wildman–Crippen LogP) is 4.34. The van der Waals surface area contributed by atoms with Crippen LogP contribution in [-0.4, -0.2) is 62.1 Å². The Labute approximate surface area is 211 Å². The molecule has 7 nitrogen and oxygen atoms in total. The fraction of sp³-hybridized carbons (Fsp3) is 0.448. The molecule has 1 aromatic carbocycles. The summed E-state index contributed by atoms with van der Waals surface area (Å²) in [5.41, 5.74) is 8.34. The fourth-order valence-electron chi connectivity index (χ4n) is 6.21. The second-order valence-corrected chi connectivity index (χ2v) is 10.9. The van der Waals surface area contributed by atoms with Crippen LogP contribution < -0.4 is 5.32 Å². The SMILES string of the molecule is Cc1cc(-c2[nH]c3ccc(C4CCN(C(=O)[C@@H]5C[C@@H](O)CN5)CC4)cc3c2C(C)C)cc2nccn12. The van der Waals surface area contributed by atoms with E-state index in [2.05, 4.69) is 70.8 Å². The average molecular weight is 486 g/mol. The number of hydrogen-bond donors (Lipinski definition) is 3. The first kappa shape index (κ1) is 23.3. The number of carbonyl (C=O) groups excluding carboxylic acids is 1. The molecule has 2 fully saturated rings. The Morgan fingerprint density at radius 1 is 1.17 bits per heavy atom. The van der Waals surface area contributed by atoms with Gasteiger partial charge in [0.25, 0.3) is 0 Å². The number of likely N-dealkylation sites (tertiary alicyclic amines) is 1. The molecule has 6 rings (SSSR count). The number of aryl methyl sites for hydroxylation is 1. The monoisotopic (exact) mass is 485 g/mol. The first-order chi connectivity index (χ1) is 17.4. The van der Waals surface area contributed by atoms with Gasteiger partial charge in [-0.2, -0.15) is 0 Å². The first-order valence-electron chi connectivity index (χ1n) is 13.2. The quantitative estimate of drug-likeness (QED) is 0.401. The first-order valence-corrected chi connectivity index (χ1v) is 13.2. The summed E-state index contributed by atoms with van der Waals surface area (Å²) in [6.07, 6.45) is 5.90. The Morgan fingerprint density at radius 2 is 1.97 bits per heavy atom. The molecule has 2 aliphatic rings. The lowest BCUT2D eigenvalue weighted by Gasteiger charge is -2.34. The van der Waals surface area contributed by atoms with Gasteiger partial charge in [-0.25, -0.2) is 4.98 Å². The van der Waals surface area contributed by atoms with Crippen LogP contribution in [0.5, 0.6) is 0 Å². The zero-order valence-electron chi connectivity index (χ0n) is 21.3. The number of benzene rings is 1. The molecular formula is C29H35N5O2. The highest BCUT2D eigenvalue weighted by molar-refractivity contribution is 5.92. The Morgan fingerprint density at radius 3 is 2.69 bits per heavy atom. The maximum absolute atomic E-state index is 12.9. The number of pyridine rings is 1. The van der Waals surface area contributed by atoms with E-state index in [1.165, 1.54) is 27.8 Å². The number of amides is 1. The number of β-amino-alcohol motifs (C(OH)–C–C–N with tert-alkyl or cyclic N) is 1. The van der Waals surface area contributed by atoms with Crippen molar-refractivity contribution in [2.75, 3.05) is 19.6 Å². The highest BCUT2D eigenvalue weighted by atomic mass is 16.3. The maximum Gasteiger partial charge on any atom is 0.239 e. The average Bonchev–Trinajstić information content (AvgIpc) is 3.61. The van der Waals surface area contributed by atoms with Crippen molar-refractivity contribution in [1.82, 2.24) is 24.6 Å². The Bertz CT molecular complexity index is 1430. The number of rotatable bonds is 4. The van der Waals surface area contributed by atoms with E-state index in [1.807, 2.05) is 17.3 Å². The van der Waals surface area contributed by atoms with E-state index >= 15 is 0 Å². The van der Waals surface area contributed by atoms with E-state index in [0.717, 1.165) is 42.8 Å². The molecule has 7 heteroatoms. The van der Waals surface area contributed by atoms with Gasteiger partial charge < -0.3 is 24.7 Å². The van der Waals surface area contributed by atoms with E-state index in [4.69, 9.17) is 0 Å². The number of nitrogens with one attached hydrogen (secondary N) is 2. The van der Waals surface area contributed by atoms with E-state index < -0.39 is 6.10 Å². The van der Waals surface area contributed by atoms with Crippen LogP contribution in [0.1, 0.15) is 61.8 Å². The number of imidazole rings is 1. The molecule has 2 saturated heterocycles. The maximum atomic E-state index is 12.9. The lowest BCUT2D eigenvalue weighted by atomic mass is 9.87. The molecule has 0 unspecified atom stereocenters. The third kappa shape index (κ3) is 4.00. The normalized spacial score (nSPS) is 21.3. The molecule has 5 heterocycles. The molecular weight excluding hydrogens is 450 g/mol. The molecule has 0 radical (unpaired) electrons. The van der Waals surface area contributed by atoms with Gasteiger partial charge in [0, 0.05) is 54.2 Å². The Kier molecular flexibility index (Phi) is 5.85. The number of aliphatic hydroxyl groups excluding tert-OH is 1. The largest absolute Gasteiger partial charge is 0.392 e. The molecule has 0 saturated carbocycles. The molecule has 2 atom stereocenters. The molecule has 188 valence electrons. The van der Waals surface area contributed by atoms with Gasteiger partial charge in [-0.15, -0.1) is 0 Å². The summed E-state index contributed by atoms with van der Waals surface area (Å²) in [5.74, 6) is 0.957. The van der Waals surface area contributed by atoms with Crippen molar-refractivity contribution in [1.29, 1.82) is 0 Å². The molecule has 1 amide bonds. The number of hydrogen-bond acceptors (Lipinski definition) is 4. The van der Waals surface area contributed by atoms with Crippen LogP contribution in [0.3, 0.4) is 0 Å². The standard InChI is InChI=1S/C29H35N5O2/c1-17(2)27-23-13-20(19-6-9-33(10-7-19)29(36)25-15-22(35)16-31-25)4-5-24(23)32-28(27)21-12-18(3)34-11-8-30-26(34)14-21/h4-5,8,11-14,17,19,22,25,31-32,35H,6-7,9-10,15-16H2,1-3H3/t22-,25+/m1/s1. The summed E-state index contributed by atoms with van der Waals surface area (Å²) in [6, 6.07) is 11.0. The number of aromatic nitrogens is 3. The van der Waals surface area contributed by atoms with Crippen LogP contribution in [0, 0.1) is 6.92 Å². The molecule has 2 aliphatic heterocycles. The van der Waals surface area contributed by atoms with E-state index in [1.54, 1.807) is 0 Å². The third-order valence-electron chi connectivity index (χ3n) is 8.11. The van der Waals surface area contributed by atoms with E-state index in [-0.39, 0.29) is 11.9 Å². The number of nitrogens with zero attached hydrogens (tertiary/aromatic N) is 3. The van der Waals surface area contributed by atoms with Gasteiger partial charge in [0.05, 0.1) is 17.8 Å². The second-order valence-electron chi connectivity index (χ2n) is 10.9. The summed E-state index contributed by atoms with van der Waals surface area (Å²) < 4.78 is 2.11. The smallest absolute Gasteiger partial charge is 0.239 e. The molecule has 4 aromatic rings. The third-order valence-corrected chi connectivity index (χ3v) is 8.11.